The maximum atomic E-state index is 13.8. The average Bonchev–Trinajstić information content (AvgIpc) is 3.44. The first-order chi connectivity index (χ1) is 17.3. The number of aromatic hydroxyl groups is 1. The molecule has 9 nitrogen and oxygen atoms in total. The van der Waals surface area contributed by atoms with Gasteiger partial charge in [-0.15, -0.1) is 0 Å². The second-order valence-corrected chi connectivity index (χ2v) is 8.44. The zero-order chi connectivity index (χ0) is 26.0. The molecular formula is C27H30N2O7. The second kappa shape index (κ2) is 10.3. The number of para-hydroxylation sites is 1. The van der Waals surface area contributed by atoms with Crippen molar-refractivity contribution >= 4 is 22.7 Å². The Morgan fingerprint density at radius 2 is 1.78 bits per heavy atom. The average molecular weight is 495 g/mol. The fourth-order valence-corrected chi connectivity index (χ4v) is 4.56. The lowest BCUT2D eigenvalue weighted by atomic mass is 9.94. The van der Waals surface area contributed by atoms with E-state index >= 15 is 0 Å². The van der Waals surface area contributed by atoms with Gasteiger partial charge in [0.2, 0.25) is 5.78 Å². The van der Waals surface area contributed by atoms with Gasteiger partial charge in [0, 0.05) is 18.5 Å². The van der Waals surface area contributed by atoms with E-state index < -0.39 is 23.5 Å². The number of ether oxygens (including phenoxy) is 2. The smallest absolute Gasteiger partial charge is 0.290 e. The van der Waals surface area contributed by atoms with Crippen molar-refractivity contribution in [2.45, 2.75) is 19.9 Å². The SMILES string of the molecule is CCN(CC)CCN1C(=O)C(O)=C(C(=O)c2cc3cccc(OC)c3o2)C1c1ccc(O)c(OC)c1. The van der Waals surface area contributed by atoms with Crippen molar-refractivity contribution in [2.24, 2.45) is 0 Å². The monoisotopic (exact) mass is 494 g/mol. The Labute approximate surface area is 209 Å². The van der Waals surface area contributed by atoms with Crippen molar-refractivity contribution in [1.82, 2.24) is 9.80 Å². The summed E-state index contributed by atoms with van der Waals surface area (Å²) in [7, 11) is 2.92. The molecule has 2 aromatic carbocycles. The highest BCUT2D eigenvalue weighted by molar-refractivity contribution is 6.16. The molecule has 2 heterocycles. The van der Waals surface area contributed by atoms with E-state index in [4.69, 9.17) is 13.9 Å². The molecule has 1 atom stereocenters. The number of likely N-dealkylation sites (N-methyl/N-ethyl adjacent to an activating group) is 1. The maximum absolute atomic E-state index is 13.8. The summed E-state index contributed by atoms with van der Waals surface area (Å²) in [6, 6.07) is 10.6. The van der Waals surface area contributed by atoms with Crippen LogP contribution in [0.2, 0.25) is 0 Å². The Bertz CT molecular complexity index is 1320. The third-order valence-corrected chi connectivity index (χ3v) is 6.57. The topological polar surface area (TPSA) is 113 Å². The van der Waals surface area contributed by atoms with E-state index in [-0.39, 0.29) is 29.4 Å². The number of amides is 1. The van der Waals surface area contributed by atoms with E-state index in [1.54, 1.807) is 36.4 Å². The quantitative estimate of drug-likeness (QED) is 0.406. The molecule has 0 bridgehead atoms. The second-order valence-electron chi connectivity index (χ2n) is 8.44. The van der Waals surface area contributed by atoms with Crippen molar-refractivity contribution in [3.63, 3.8) is 0 Å². The van der Waals surface area contributed by atoms with Gasteiger partial charge in [-0.1, -0.05) is 32.0 Å². The number of carbonyl (C=O) groups is 2. The van der Waals surface area contributed by atoms with Crippen LogP contribution < -0.4 is 9.47 Å². The maximum Gasteiger partial charge on any atom is 0.290 e. The summed E-state index contributed by atoms with van der Waals surface area (Å²) in [5, 5.41) is 21.7. The molecule has 0 aliphatic carbocycles. The van der Waals surface area contributed by atoms with Crippen LogP contribution >= 0.6 is 0 Å². The van der Waals surface area contributed by atoms with E-state index in [0.717, 1.165) is 13.1 Å². The lowest BCUT2D eigenvalue weighted by Crippen LogP contribution is -2.38. The lowest BCUT2D eigenvalue weighted by Gasteiger charge is -2.29. The standard InChI is InChI=1S/C27H30N2O7/c1-5-28(6-2)12-13-29-23(16-10-11-18(30)20(14-16)35-4)22(25(32)27(29)33)24(31)21-15-17-8-7-9-19(34-3)26(17)36-21/h7-11,14-15,23,30,32H,5-6,12-13H2,1-4H3. The molecule has 36 heavy (non-hydrogen) atoms. The molecule has 0 radical (unpaired) electrons. The lowest BCUT2D eigenvalue weighted by molar-refractivity contribution is -0.129. The van der Waals surface area contributed by atoms with Crippen LogP contribution in [0, 0.1) is 0 Å². The summed E-state index contributed by atoms with van der Waals surface area (Å²) in [6.07, 6.45) is 0. The van der Waals surface area contributed by atoms with Crippen LogP contribution in [0.5, 0.6) is 17.2 Å². The van der Waals surface area contributed by atoms with E-state index in [2.05, 4.69) is 4.90 Å². The summed E-state index contributed by atoms with van der Waals surface area (Å²) in [4.78, 5) is 30.6. The number of hydrogen-bond donors (Lipinski definition) is 2. The fourth-order valence-electron chi connectivity index (χ4n) is 4.56. The highest BCUT2D eigenvalue weighted by Gasteiger charge is 2.44. The van der Waals surface area contributed by atoms with Gasteiger partial charge in [0.1, 0.15) is 0 Å². The number of ketones is 1. The summed E-state index contributed by atoms with van der Waals surface area (Å²) >= 11 is 0. The minimum atomic E-state index is -0.898. The molecule has 9 heteroatoms. The van der Waals surface area contributed by atoms with Gasteiger partial charge in [0.05, 0.1) is 25.8 Å². The molecular weight excluding hydrogens is 464 g/mol. The van der Waals surface area contributed by atoms with Gasteiger partial charge < -0.3 is 33.9 Å². The van der Waals surface area contributed by atoms with Gasteiger partial charge in [0.15, 0.2) is 34.4 Å². The minimum Gasteiger partial charge on any atom is -0.504 e. The summed E-state index contributed by atoms with van der Waals surface area (Å²) < 4.78 is 16.4. The molecule has 0 spiro atoms. The van der Waals surface area contributed by atoms with E-state index in [1.165, 1.54) is 25.2 Å². The number of phenolic OH excluding ortho intramolecular Hbond substituents is 1. The zero-order valence-corrected chi connectivity index (χ0v) is 20.8. The van der Waals surface area contributed by atoms with E-state index in [1.807, 2.05) is 13.8 Å². The van der Waals surface area contributed by atoms with Crippen molar-refractivity contribution in [3.05, 3.63) is 65.1 Å². The van der Waals surface area contributed by atoms with Gasteiger partial charge in [0.25, 0.3) is 5.91 Å². The largest absolute Gasteiger partial charge is 0.504 e. The Morgan fingerprint density at radius 3 is 2.44 bits per heavy atom. The number of phenols is 1. The Morgan fingerprint density at radius 1 is 1.06 bits per heavy atom. The fraction of sp³-hybridized carbons (Fsp3) is 0.333. The van der Waals surface area contributed by atoms with Crippen LogP contribution in [0.4, 0.5) is 0 Å². The molecule has 3 aromatic rings. The Hall–Kier alpha value is -3.98. The van der Waals surface area contributed by atoms with Gasteiger partial charge in [-0.3, -0.25) is 9.59 Å². The van der Waals surface area contributed by atoms with Crippen LogP contribution in [0.1, 0.15) is 36.0 Å². The molecule has 2 N–H and O–H groups in total. The highest BCUT2D eigenvalue weighted by Crippen LogP contribution is 2.42. The third-order valence-electron chi connectivity index (χ3n) is 6.57. The number of furan rings is 1. The van der Waals surface area contributed by atoms with Crippen molar-refractivity contribution < 1.29 is 33.7 Å². The number of rotatable bonds is 10. The molecule has 190 valence electrons. The molecule has 1 unspecified atom stereocenters. The third kappa shape index (κ3) is 4.37. The highest BCUT2D eigenvalue weighted by atomic mass is 16.5. The van der Waals surface area contributed by atoms with Crippen LogP contribution in [-0.4, -0.2) is 72.1 Å². The number of Topliss-reactive ketones (excluding diaryl/α,β-unsaturated/α-hetero) is 1. The predicted molar refractivity (Wildman–Crippen MR) is 134 cm³/mol. The first kappa shape index (κ1) is 25.1. The predicted octanol–water partition coefficient (Wildman–Crippen LogP) is 4.08. The molecule has 0 fully saturated rings. The number of methoxy groups -OCH3 is 2. The van der Waals surface area contributed by atoms with Crippen molar-refractivity contribution in [2.75, 3.05) is 40.4 Å². The number of nitrogens with zero attached hydrogens (tertiary/aromatic N) is 2. The summed E-state index contributed by atoms with van der Waals surface area (Å²) in [6.45, 7) is 6.48. The zero-order valence-electron chi connectivity index (χ0n) is 20.8. The number of carbonyl (C=O) groups excluding carboxylic acids is 2. The van der Waals surface area contributed by atoms with Crippen LogP contribution in [0.15, 0.2) is 58.2 Å². The number of hydrogen-bond acceptors (Lipinski definition) is 8. The van der Waals surface area contributed by atoms with Gasteiger partial charge in [-0.05, 0) is 42.9 Å². The summed E-state index contributed by atoms with van der Waals surface area (Å²) in [5.41, 5.74) is 0.818. The number of aliphatic hydroxyl groups excluding tert-OH is 1. The number of fused-ring (bicyclic) bond motifs is 1. The molecule has 4 rings (SSSR count). The van der Waals surface area contributed by atoms with Crippen molar-refractivity contribution in [3.8, 4) is 17.2 Å². The molecule has 1 aliphatic rings. The van der Waals surface area contributed by atoms with Gasteiger partial charge in [-0.25, -0.2) is 0 Å². The molecule has 0 saturated heterocycles. The van der Waals surface area contributed by atoms with E-state index in [9.17, 15) is 19.8 Å². The molecule has 1 aliphatic heterocycles. The first-order valence-corrected chi connectivity index (χ1v) is 11.8. The molecule has 1 amide bonds. The van der Waals surface area contributed by atoms with Gasteiger partial charge >= 0.3 is 0 Å². The van der Waals surface area contributed by atoms with Crippen LogP contribution in [0.3, 0.4) is 0 Å². The number of benzene rings is 2. The Balaban J connectivity index is 1.80. The van der Waals surface area contributed by atoms with Crippen LogP contribution in [-0.2, 0) is 4.79 Å². The van der Waals surface area contributed by atoms with E-state index in [0.29, 0.717) is 28.8 Å². The van der Waals surface area contributed by atoms with Crippen molar-refractivity contribution in [1.29, 1.82) is 0 Å². The Kier molecular flexibility index (Phi) is 7.21. The van der Waals surface area contributed by atoms with Crippen LogP contribution in [0.25, 0.3) is 11.0 Å². The molecule has 1 aromatic heterocycles. The minimum absolute atomic E-state index is 0.0230. The first-order valence-electron chi connectivity index (χ1n) is 11.8. The summed E-state index contributed by atoms with van der Waals surface area (Å²) in [5.74, 6) is -1.32. The van der Waals surface area contributed by atoms with Gasteiger partial charge in [-0.2, -0.15) is 0 Å². The molecule has 0 saturated carbocycles. The number of aliphatic hydroxyl groups is 1. The normalized spacial score (nSPS) is 15.9.